The number of para-hydroxylation sites is 1. The Kier molecular flexibility index (Phi) is 10.2. The van der Waals surface area contributed by atoms with Crippen LogP contribution in [0.4, 0.5) is 0 Å². The van der Waals surface area contributed by atoms with Gasteiger partial charge in [0.05, 0.1) is 11.9 Å². The van der Waals surface area contributed by atoms with Crippen molar-refractivity contribution in [2.75, 3.05) is 6.54 Å². The van der Waals surface area contributed by atoms with E-state index in [2.05, 4.69) is 15.3 Å². The maximum Gasteiger partial charge on any atom is 0.303 e. The fraction of sp³-hybridized carbons (Fsp3) is 0.389. The molecule has 0 aliphatic carbocycles. The highest BCUT2D eigenvalue weighted by Gasteiger charge is 2.08. The van der Waals surface area contributed by atoms with Crippen molar-refractivity contribution in [1.29, 1.82) is 0 Å². The van der Waals surface area contributed by atoms with Crippen molar-refractivity contribution in [3.8, 4) is 5.75 Å². The van der Waals surface area contributed by atoms with E-state index < -0.39 is 5.97 Å². The van der Waals surface area contributed by atoms with E-state index in [0.717, 1.165) is 25.7 Å². The number of aromatic hydroxyl groups is 1. The minimum absolute atomic E-state index is 0.0151. The highest BCUT2D eigenvalue weighted by atomic mass is 16.4. The molecule has 0 saturated carbocycles. The molecule has 0 aliphatic heterocycles. The smallest absolute Gasteiger partial charge is 0.303 e. The van der Waals surface area contributed by atoms with Gasteiger partial charge in [0, 0.05) is 25.4 Å². The molecule has 2 rings (SSSR count). The number of unbranched alkanes of at least 4 members (excludes halogenated alkanes) is 4. The lowest BCUT2D eigenvalue weighted by atomic mass is 10.1. The molecule has 7 nitrogen and oxygen atoms in total. The van der Waals surface area contributed by atoms with E-state index in [1.165, 1.54) is 6.07 Å². The molecule has 0 aliphatic rings. The van der Waals surface area contributed by atoms with Gasteiger partial charge in [-0.1, -0.05) is 31.4 Å². The molecule has 0 saturated heterocycles. The number of carboxylic acids is 1. The monoisotopic (exact) mass is 347 g/mol. The summed E-state index contributed by atoms with van der Waals surface area (Å²) in [6, 6.07) is 6.44. The number of hydrogen-bond donors (Lipinski definition) is 4. The minimum Gasteiger partial charge on any atom is -0.507 e. The maximum absolute atomic E-state index is 11.7. The molecule has 2 aromatic rings. The lowest BCUT2D eigenvalue weighted by Gasteiger charge is -2.06. The summed E-state index contributed by atoms with van der Waals surface area (Å²) in [5.74, 6) is -1.03. The van der Waals surface area contributed by atoms with E-state index >= 15 is 0 Å². The van der Waals surface area contributed by atoms with Crippen LogP contribution in [0, 0.1) is 0 Å². The van der Waals surface area contributed by atoms with Crippen LogP contribution in [0.5, 0.6) is 5.75 Å². The van der Waals surface area contributed by atoms with Gasteiger partial charge in [-0.25, -0.2) is 4.98 Å². The molecule has 7 heteroatoms. The van der Waals surface area contributed by atoms with Gasteiger partial charge in [0.25, 0.3) is 5.91 Å². The second kappa shape index (κ2) is 12.6. The van der Waals surface area contributed by atoms with Crippen LogP contribution in [0.2, 0.25) is 0 Å². The van der Waals surface area contributed by atoms with Crippen LogP contribution >= 0.6 is 0 Å². The first-order valence-corrected chi connectivity index (χ1v) is 8.32. The van der Waals surface area contributed by atoms with Gasteiger partial charge in [-0.15, -0.1) is 0 Å². The minimum atomic E-state index is -0.750. The van der Waals surface area contributed by atoms with Crippen LogP contribution < -0.4 is 5.32 Å². The third-order valence-electron chi connectivity index (χ3n) is 3.41. The van der Waals surface area contributed by atoms with E-state index in [1.807, 2.05) is 0 Å². The number of rotatable bonds is 9. The zero-order valence-corrected chi connectivity index (χ0v) is 14.1. The molecule has 1 heterocycles. The molecule has 0 radical (unpaired) electrons. The number of nitrogens with one attached hydrogen (secondary N) is 2. The summed E-state index contributed by atoms with van der Waals surface area (Å²) in [6.07, 6.45) is 9.70. The van der Waals surface area contributed by atoms with Crippen LogP contribution in [0.3, 0.4) is 0 Å². The van der Waals surface area contributed by atoms with Crippen LogP contribution in [-0.4, -0.2) is 38.6 Å². The SMILES string of the molecule is O=C(O)CCCCCCCNC(=O)c1ccccc1O.c1c[nH]cn1. The molecule has 1 amide bonds. The molecule has 0 unspecified atom stereocenters. The molecular weight excluding hydrogens is 322 g/mol. The highest BCUT2D eigenvalue weighted by Crippen LogP contribution is 2.15. The van der Waals surface area contributed by atoms with Crippen molar-refractivity contribution in [1.82, 2.24) is 15.3 Å². The lowest BCUT2D eigenvalue weighted by Crippen LogP contribution is -2.24. The number of H-pyrrole nitrogens is 1. The van der Waals surface area contributed by atoms with Crippen molar-refractivity contribution in [2.24, 2.45) is 0 Å². The summed E-state index contributed by atoms with van der Waals surface area (Å²) in [4.78, 5) is 28.5. The molecule has 0 spiro atoms. The zero-order valence-electron chi connectivity index (χ0n) is 14.1. The molecule has 4 N–H and O–H groups in total. The quantitative estimate of drug-likeness (QED) is 0.521. The number of aromatic amines is 1. The fourth-order valence-electron chi connectivity index (χ4n) is 2.11. The topological polar surface area (TPSA) is 115 Å². The lowest BCUT2D eigenvalue weighted by molar-refractivity contribution is -0.137. The largest absolute Gasteiger partial charge is 0.507 e. The number of amides is 1. The van der Waals surface area contributed by atoms with Crippen molar-refractivity contribution >= 4 is 11.9 Å². The summed E-state index contributed by atoms with van der Waals surface area (Å²) in [6.45, 7) is 0.562. The molecule has 0 bridgehead atoms. The highest BCUT2D eigenvalue weighted by molar-refractivity contribution is 5.96. The van der Waals surface area contributed by atoms with Crippen molar-refractivity contribution in [3.63, 3.8) is 0 Å². The molecule has 136 valence electrons. The van der Waals surface area contributed by atoms with Gasteiger partial charge in [-0.2, -0.15) is 0 Å². The summed E-state index contributed by atoms with van der Waals surface area (Å²) >= 11 is 0. The number of carbonyl (C=O) groups is 2. The average molecular weight is 347 g/mol. The first-order chi connectivity index (χ1) is 12.1. The number of carbonyl (C=O) groups excluding carboxylic acids is 1. The van der Waals surface area contributed by atoms with Crippen LogP contribution in [-0.2, 0) is 4.79 Å². The Morgan fingerprint density at radius 1 is 1.08 bits per heavy atom. The van der Waals surface area contributed by atoms with Gasteiger partial charge in [0.15, 0.2) is 0 Å². The van der Waals surface area contributed by atoms with Gasteiger partial charge in [-0.3, -0.25) is 9.59 Å². The van der Waals surface area contributed by atoms with Gasteiger partial charge < -0.3 is 20.5 Å². The number of carboxylic acid groups (broad SMARTS) is 1. The van der Waals surface area contributed by atoms with Crippen LogP contribution in [0.15, 0.2) is 43.0 Å². The van der Waals surface area contributed by atoms with Crippen LogP contribution in [0.25, 0.3) is 0 Å². The summed E-state index contributed by atoms with van der Waals surface area (Å²) in [5.41, 5.74) is 0.286. The predicted octanol–water partition coefficient (Wildman–Crippen LogP) is 2.96. The number of nitrogens with zero attached hydrogens (tertiary/aromatic N) is 1. The third kappa shape index (κ3) is 9.80. The first kappa shape index (κ1) is 20.2. The average Bonchev–Trinajstić information content (AvgIpc) is 3.17. The summed E-state index contributed by atoms with van der Waals surface area (Å²) in [7, 11) is 0. The Labute approximate surface area is 147 Å². The van der Waals surface area contributed by atoms with Gasteiger partial charge in [0.2, 0.25) is 0 Å². The summed E-state index contributed by atoms with van der Waals surface area (Å²) in [5, 5.41) is 20.8. The van der Waals surface area contributed by atoms with E-state index in [1.54, 1.807) is 36.9 Å². The van der Waals surface area contributed by atoms with Crippen LogP contribution in [0.1, 0.15) is 48.9 Å². The Balaban J connectivity index is 0.000000531. The van der Waals surface area contributed by atoms with Gasteiger partial charge in [0.1, 0.15) is 5.75 Å². The Hall–Kier alpha value is -2.83. The van der Waals surface area contributed by atoms with Gasteiger partial charge >= 0.3 is 5.97 Å². The maximum atomic E-state index is 11.7. The normalized spacial score (nSPS) is 9.76. The number of imidazole rings is 1. The van der Waals surface area contributed by atoms with E-state index in [-0.39, 0.29) is 23.6 Å². The van der Waals surface area contributed by atoms with Crippen molar-refractivity contribution in [3.05, 3.63) is 48.5 Å². The Bertz CT molecular complexity index is 597. The van der Waals surface area contributed by atoms with E-state index in [4.69, 9.17) is 5.11 Å². The first-order valence-electron chi connectivity index (χ1n) is 8.32. The Morgan fingerprint density at radius 2 is 1.80 bits per heavy atom. The molecular formula is C18H25N3O4. The molecule has 0 atom stereocenters. The second-order valence-electron chi connectivity index (χ2n) is 5.45. The van der Waals surface area contributed by atoms with E-state index in [9.17, 15) is 14.7 Å². The van der Waals surface area contributed by atoms with E-state index in [0.29, 0.717) is 13.0 Å². The third-order valence-corrected chi connectivity index (χ3v) is 3.41. The molecule has 1 aromatic heterocycles. The Morgan fingerprint density at radius 3 is 2.40 bits per heavy atom. The standard InChI is InChI=1S/C15H21NO4.C3H4N2/c17-13-9-6-5-8-12(13)15(20)16-11-7-3-1-2-4-10-14(18)19;1-2-5-3-4-1/h5-6,8-9,17H,1-4,7,10-11H2,(H,16,20)(H,18,19);1-3H,(H,4,5). The number of aliphatic carboxylic acids is 1. The van der Waals surface area contributed by atoms with Crippen molar-refractivity contribution in [2.45, 2.75) is 38.5 Å². The second-order valence-corrected chi connectivity index (χ2v) is 5.45. The predicted molar refractivity (Wildman–Crippen MR) is 94.4 cm³/mol. The number of benzene rings is 1. The summed E-state index contributed by atoms with van der Waals surface area (Å²) < 4.78 is 0. The number of phenols is 1. The van der Waals surface area contributed by atoms with Crippen molar-refractivity contribution < 1.29 is 19.8 Å². The molecule has 25 heavy (non-hydrogen) atoms. The molecule has 1 aromatic carbocycles. The number of aromatic nitrogens is 2. The zero-order chi connectivity index (χ0) is 18.3. The number of phenolic OH excluding ortho intramolecular Hbond substituents is 1. The molecule has 0 fully saturated rings. The van der Waals surface area contributed by atoms with Gasteiger partial charge in [-0.05, 0) is 25.0 Å². The number of hydrogen-bond acceptors (Lipinski definition) is 4. The fourth-order valence-corrected chi connectivity index (χ4v) is 2.11.